The summed E-state index contributed by atoms with van der Waals surface area (Å²) >= 11 is 3.38. The maximum absolute atomic E-state index is 12.8. The first kappa shape index (κ1) is 22.1. The number of fused-ring (bicyclic) bond motifs is 3. The largest absolute Gasteiger partial charge is 0.481 e. The summed E-state index contributed by atoms with van der Waals surface area (Å²) in [6.07, 6.45) is 1.31. The van der Waals surface area contributed by atoms with E-state index in [1.54, 1.807) is 0 Å². The number of halogens is 1. The van der Waals surface area contributed by atoms with Gasteiger partial charge < -0.3 is 20.1 Å². The van der Waals surface area contributed by atoms with Crippen molar-refractivity contribution in [3.8, 4) is 11.1 Å². The minimum Gasteiger partial charge on any atom is -0.481 e. The number of rotatable bonds is 6. The van der Waals surface area contributed by atoms with E-state index in [2.05, 4.69) is 21.2 Å². The highest BCUT2D eigenvalue weighted by molar-refractivity contribution is 9.11. The van der Waals surface area contributed by atoms with Gasteiger partial charge in [0.1, 0.15) is 12.6 Å². The number of aliphatic carboxylic acids is 1. The Labute approximate surface area is 194 Å². The summed E-state index contributed by atoms with van der Waals surface area (Å²) in [5.41, 5.74) is 4.37. The average molecular weight is 499 g/mol. The molecule has 8 heteroatoms. The predicted octanol–water partition coefficient (Wildman–Crippen LogP) is 3.88. The van der Waals surface area contributed by atoms with E-state index in [1.165, 1.54) is 4.90 Å². The lowest BCUT2D eigenvalue weighted by atomic mass is 9.98. The Morgan fingerprint density at radius 2 is 1.72 bits per heavy atom. The number of carbonyl (C=O) groups is 3. The molecule has 1 aliphatic heterocycles. The van der Waals surface area contributed by atoms with Gasteiger partial charge in [-0.2, -0.15) is 0 Å². The summed E-state index contributed by atoms with van der Waals surface area (Å²) in [5.74, 6) is -1.73. The van der Waals surface area contributed by atoms with Gasteiger partial charge in [-0.3, -0.25) is 9.59 Å². The Balaban J connectivity index is 1.43. The van der Waals surface area contributed by atoms with E-state index in [1.807, 2.05) is 54.6 Å². The lowest BCUT2D eigenvalue weighted by molar-refractivity contribution is -0.142. The third-order valence-corrected chi connectivity index (χ3v) is 6.31. The third kappa shape index (κ3) is 4.70. The fourth-order valence-corrected chi connectivity index (χ4v) is 4.80. The summed E-state index contributed by atoms with van der Waals surface area (Å²) in [6, 6.07) is 14.8. The number of ether oxygens (including phenoxy) is 1. The number of hydrogen-bond acceptors (Lipinski definition) is 4. The number of amides is 2. The molecule has 2 aliphatic rings. The highest BCUT2D eigenvalue weighted by atomic mass is 79.9. The zero-order valence-electron chi connectivity index (χ0n) is 17.3. The molecule has 0 aromatic heterocycles. The molecule has 0 fully saturated rings. The molecule has 0 radical (unpaired) electrons. The van der Waals surface area contributed by atoms with Crippen LogP contribution in [0.3, 0.4) is 0 Å². The van der Waals surface area contributed by atoms with Crippen molar-refractivity contribution in [3.05, 3.63) is 70.2 Å². The highest BCUT2D eigenvalue weighted by Crippen LogP contribution is 2.44. The number of benzene rings is 2. The summed E-state index contributed by atoms with van der Waals surface area (Å²) in [6.45, 7) is 0.906. The van der Waals surface area contributed by atoms with Crippen molar-refractivity contribution in [1.82, 2.24) is 10.2 Å². The standard InChI is InChI=1S/C24H23BrN2O5/c25-15-6-5-11-27(13-15)23(30)21(12-22(28)29)26-24(31)32-14-20-18-9-3-1-7-16(18)17-8-2-4-10-19(17)20/h1-4,6-10,20-21H,5,11-14H2,(H,26,31)(H,28,29). The first-order chi connectivity index (χ1) is 15.4. The van der Waals surface area contributed by atoms with Crippen LogP contribution in [-0.4, -0.2) is 53.7 Å². The second kappa shape index (κ2) is 9.56. The lowest BCUT2D eigenvalue weighted by Crippen LogP contribution is -2.50. The summed E-state index contributed by atoms with van der Waals surface area (Å²) in [4.78, 5) is 38.2. The fourth-order valence-electron chi connectivity index (χ4n) is 4.27. The number of alkyl carbamates (subject to hydrolysis) is 1. The van der Waals surface area contributed by atoms with Crippen LogP contribution in [0, 0.1) is 0 Å². The second-order valence-electron chi connectivity index (χ2n) is 7.82. The van der Waals surface area contributed by atoms with Gasteiger partial charge >= 0.3 is 12.1 Å². The first-order valence-corrected chi connectivity index (χ1v) is 11.2. The van der Waals surface area contributed by atoms with Gasteiger partial charge in [0.2, 0.25) is 5.91 Å². The van der Waals surface area contributed by atoms with Gasteiger partial charge in [-0.1, -0.05) is 70.5 Å². The Kier molecular flexibility index (Phi) is 6.60. The van der Waals surface area contributed by atoms with Crippen LogP contribution in [0.15, 0.2) is 59.1 Å². The minimum atomic E-state index is -1.19. The van der Waals surface area contributed by atoms with Crippen LogP contribution in [-0.2, 0) is 14.3 Å². The predicted molar refractivity (Wildman–Crippen MR) is 122 cm³/mol. The molecule has 2 aromatic rings. The first-order valence-electron chi connectivity index (χ1n) is 10.4. The number of carbonyl (C=O) groups excluding carboxylic acids is 2. The molecule has 166 valence electrons. The zero-order chi connectivity index (χ0) is 22.7. The Bertz CT molecular complexity index is 1040. The molecule has 0 bridgehead atoms. The SMILES string of the molecule is O=C(O)CC(NC(=O)OCC1c2ccccc2-c2ccccc21)C(=O)N1CCC=C(Br)C1. The third-order valence-electron chi connectivity index (χ3n) is 5.73. The van der Waals surface area contributed by atoms with Crippen LogP contribution in [0.25, 0.3) is 11.1 Å². The lowest BCUT2D eigenvalue weighted by Gasteiger charge is -2.29. The van der Waals surface area contributed by atoms with Gasteiger partial charge in [0.05, 0.1) is 13.0 Å². The number of nitrogens with one attached hydrogen (secondary N) is 1. The van der Waals surface area contributed by atoms with Crippen molar-refractivity contribution in [1.29, 1.82) is 0 Å². The van der Waals surface area contributed by atoms with Gasteiger partial charge in [0.25, 0.3) is 0 Å². The van der Waals surface area contributed by atoms with Gasteiger partial charge in [-0.25, -0.2) is 4.79 Å². The van der Waals surface area contributed by atoms with Crippen molar-refractivity contribution in [3.63, 3.8) is 0 Å². The van der Waals surface area contributed by atoms with Crippen LogP contribution in [0.1, 0.15) is 29.9 Å². The molecule has 4 rings (SSSR count). The molecule has 7 nitrogen and oxygen atoms in total. The summed E-state index contributed by atoms with van der Waals surface area (Å²) in [7, 11) is 0. The van der Waals surface area contributed by atoms with Crippen molar-refractivity contribution >= 4 is 33.9 Å². The van der Waals surface area contributed by atoms with Gasteiger partial charge in [0.15, 0.2) is 0 Å². The maximum atomic E-state index is 12.8. The van der Waals surface area contributed by atoms with E-state index in [0.717, 1.165) is 26.7 Å². The molecule has 1 heterocycles. The molecule has 0 saturated heterocycles. The van der Waals surface area contributed by atoms with Crippen LogP contribution in [0.2, 0.25) is 0 Å². The van der Waals surface area contributed by atoms with Gasteiger partial charge in [0, 0.05) is 16.9 Å². The molecule has 2 amide bonds. The van der Waals surface area contributed by atoms with Gasteiger partial charge in [-0.05, 0) is 28.7 Å². The fraction of sp³-hybridized carbons (Fsp3) is 0.292. The monoisotopic (exact) mass is 498 g/mol. The quantitative estimate of drug-likeness (QED) is 0.629. The Morgan fingerprint density at radius 1 is 1.09 bits per heavy atom. The van der Waals surface area contributed by atoms with E-state index in [9.17, 15) is 19.5 Å². The van der Waals surface area contributed by atoms with E-state index < -0.39 is 30.4 Å². The molecule has 32 heavy (non-hydrogen) atoms. The van der Waals surface area contributed by atoms with Gasteiger partial charge in [-0.15, -0.1) is 0 Å². The Hall–Kier alpha value is -3.13. The number of carboxylic acids is 1. The molecular formula is C24H23BrN2O5. The molecular weight excluding hydrogens is 476 g/mol. The number of nitrogens with zero attached hydrogens (tertiary/aromatic N) is 1. The molecule has 1 unspecified atom stereocenters. The average Bonchev–Trinajstić information content (AvgIpc) is 3.10. The molecule has 2 N–H and O–H groups in total. The normalized spacial score (nSPS) is 15.9. The molecule has 1 atom stereocenters. The highest BCUT2D eigenvalue weighted by Gasteiger charge is 2.32. The van der Waals surface area contributed by atoms with Crippen molar-refractivity contribution in [2.75, 3.05) is 19.7 Å². The smallest absolute Gasteiger partial charge is 0.407 e. The van der Waals surface area contributed by atoms with Crippen molar-refractivity contribution < 1.29 is 24.2 Å². The zero-order valence-corrected chi connectivity index (χ0v) is 18.9. The maximum Gasteiger partial charge on any atom is 0.407 e. The van der Waals surface area contributed by atoms with Crippen LogP contribution in [0.5, 0.6) is 0 Å². The van der Waals surface area contributed by atoms with E-state index in [0.29, 0.717) is 19.5 Å². The van der Waals surface area contributed by atoms with Crippen LogP contribution in [0.4, 0.5) is 4.79 Å². The molecule has 1 aliphatic carbocycles. The Morgan fingerprint density at radius 3 is 2.31 bits per heavy atom. The van der Waals surface area contributed by atoms with Crippen molar-refractivity contribution in [2.24, 2.45) is 0 Å². The topological polar surface area (TPSA) is 95.9 Å². The number of hydrogen-bond donors (Lipinski definition) is 2. The van der Waals surface area contributed by atoms with Crippen LogP contribution < -0.4 is 5.32 Å². The van der Waals surface area contributed by atoms with E-state index >= 15 is 0 Å². The molecule has 0 spiro atoms. The van der Waals surface area contributed by atoms with E-state index in [-0.39, 0.29) is 12.5 Å². The molecule has 2 aromatic carbocycles. The minimum absolute atomic E-state index is 0.0891. The number of carboxylic acid groups (broad SMARTS) is 1. The van der Waals surface area contributed by atoms with Crippen LogP contribution >= 0.6 is 15.9 Å². The van der Waals surface area contributed by atoms with Crippen molar-refractivity contribution in [2.45, 2.75) is 24.8 Å². The second-order valence-corrected chi connectivity index (χ2v) is 8.84. The summed E-state index contributed by atoms with van der Waals surface area (Å²) < 4.78 is 6.33. The van der Waals surface area contributed by atoms with E-state index in [4.69, 9.17) is 4.74 Å². The summed E-state index contributed by atoms with van der Waals surface area (Å²) in [5, 5.41) is 11.7. The molecule has 0 saturated carbocycles.